The number of oxazole rings is 1. The number of benzene rings is 5. The first kappa shape index (κ1) is 31.0. The number of para-hydroxylation sites is 1. The van der Waals surface area contributed by atoms with Gasteiger partial charge in [0.05, 0.1) is 11.3 Å². The van der Waals surface area contributed by atoms with Crippen LogP contribution >= 0.6 is 0 Å². The van der Waals surface area contributed by atoms with E-state index in [-0.39, 0.29) is 11.2 Å². The lowest BCUT2D eigenvalue weighted by molar-refractivity contribution is 0.473. The van der Waals surface area contributed by atoms with E-state index < -0.39 is 0 Å². The average Bonchev–Trinajstić information content (AvgIpc) is 3.48. The molecular weight excluding hydrogens is 564 g/mol. The molecule has 0 spiro atoms. The molecule has 4 heteroatoms. The maximum absolute atomic E-state index is 10.6. The fourth-order valence-electron chi connectivity index (χ4n) is 5.69. The van der Waals surface area contributed by atoms with Crippen molar-refractivity contribution in [2.45, 2.75) is 65.7 Å². The molecule has 0 unspecified atom stereocenters. The fourth-order valence-corrected chi connectivity index (χ4v) is 5.69. The molecule has 46 heavy (non-hydrogen) atoms. The summed E-state index contributed by atoms with van der Waals surface area (Å²) >= 11 is 0. The Kier molecular flexibility index (Phi) is 8.39. The number of hydrogen-bond donors (Lipinski definition) is 1. The predicted molar refractivity (Wildman–Crippen MR) is 193 cm³/mol. The van der Waals surface area contributed by atoms with Gasteiger partial charge in [0.1, 0.15) is 11.3 Å². The van der Waals surface area contributed by atoms with Crippen molar-refractivity contribution in [2.24, 2.45) is 4.99 Å². The van der Waals surface area contributed by atoms with Gasteiger partial charge in [-0.2, -0.15) is 0 Å². The van der Waals surface area contributed by atoms with E-state index in [2.05, 4.69) is 103 Å². The van der Waals surface area contributed by atoms with Crippen LogP contribution in [0.1, 0.15) is 82.6 Å². The topological polar surface area (TPSA) is 58.6 Å². The van der Waals surface area contributed by atoms with Gasteiger partial charge in [-0.15, -0.1) is 0 Å². The van der Waals surface area contributed by atoms with Crippen LogP contribution in [0.4, 0.5) is 5.69 Å². The van der Waals surface area contributed by atoms with Crippen LogP contribution in [-0.4, -0.2) is 16.3 Å². The van der Waals surface area contributed by atoms with Crippen molar-refractivity contribution in [1.82, 2.24) is 4.98 Å². The molecule has 0 radical (unpaired) electrons. The SMILES string of the molecule is CC(C)c1cc(-c2cc(-c3ccccc3)c3nc(-c4ccccc4N=Cc4cc(C(C)(C)C)ccc4O)oc3c2)cc(C(C)C)c1. The number of phenolic OH excluding ortho intramolecular Hbond substituents is 1. The zero-order valence-electron chi connectivity index (χ0n) is 27.8. The van der Waals surface area contributed by atoms with E-state index in [1.165, 1.54) is 16.7 Å². The molecule has 6 aromatic rings. The summed E-state index contributed by atoms with van der Waals surface area (Å²) in [6, 6.07) is 35.2. The van der Waals surface area contributed by atoms with Crippen LogP contribution in [0.2, 0.25) is 0 Å². The van der Waals surface area contributed by atoms with Crippen LogP contribution in [-0.2, 0) is 5.41 Å². The Hall–Kier alpha value is -4.96. The third-order valence-corrected chi connectivity index (χ3v) is 8.59. The van der Waals surface area contributed by atoms with Gasteiger partial charge >= 0.3 is 0 Å². The van der Waals surface area contributed by atoms with Crippen LogP contribution in [0.3, 0.4) is 0 Å². The van der Waals surface area contributed by atoms with Crippen LogP contribution < -0.4 is 0 Å². The monoisotopic (exact) mass is 606 g/mol. The number of phenols is 1. The first-order chi connectivity index (χ1) is 22.0. The number of nitrogens with zero attached hydrogens (tertiary/aromatic N) is 2. The highest BCUT2D eigenvalue weighted by molar-refractivity contribution is 5.97. The van der Waals surface area contributed by atoms with Gasteiger partial charge in [0, 0.05) is 17.3 Å². The van der Waals surface area contributed by atoms with E-state index in [0.29, 0.717) is 29.0 Å². The minimum absolute atomic E-state index is 0.0475. The number of aromatic hydroxyl groups is 1. The second-order valence-electron chi connectivity index (χ2n) is 13.8. The molecule has 0 atom stereocenters. The summed E-state index contributed by atoms with van der Waals surface area (Å²) in [7, 11) is 0. The highest BCUT2D eigenvalue weighted by atomic mass is 16.3. The molecule has 0 saturated carbocycles. The van der Waals surface area contributed by atoms with Gasteiger partial charge in [-0.1, -0.05) is 115 Å². The van der Waals surface area contributed by atoms with Crippen molar-refractivity contribution in [3.63, 3.8) is 0 Å². The minimum Gasteiger partial charge on any atom is -0.507 e. The number of aliphatic imine (C=N–C) groups is 1. The van der Waals surface area contributed by atoms with Crippen molar-refractivity contribution in [2.75, 3.05) is 0 Å². The van der Waals surface area contributed by atoms with Gasteiger partial charge in [0.15, 0.2) is 5.58 Å². The Morgan fingerprint density at radius 2 is 1.35 bits per heavy atom. The summed E-state index contributed by atoms with van der Waals surface area (Å²) in [6.07, 6.45) is 1.72. The van der Waals surface area contributed by atoms with Crippen LogP contribution in [0.25, 0.3) is 44.8 Å². The van der Waals surface area contributed by atoms with E-state index in [0.717, 1.165) is 38.9 Å². The molecule has 0 fully saturated rings. The molecule has 1 aromatic heterocycles. The van der Waals surface area contributed by atoms with Crippen LogP contribution in [0.5, 0.6) is 5.75 Å². The zero-order chi connectivity index (χ0) is 32.6. The number of aromatic nitrogens is 1. The molecule has 1 heterocycles. The average molecular weight is 607 g/mol. The first-order valence-corrected chi connectivity index (χ1v) is 16.1. The maximum atomic E-state index is 10.6. The Labute approximate surface area is 272 Å². The first-order valence-electron chi connectivity index (χ1n) is 16.1. The molecule has 0 aliphatic carbocycles. The van der Waals surface area contributed by atoms with E-state index in [1.807, 2.05) is 42.5 Å². The molecule has 5 aromatic carbocycles. The minimum atomic E-state index is -0.0475. The second-order valence-corrected chi connectivity index (χ2v) is 13.8. The van der Waals surface area contributed by atoms with Gasteiger partial charge in [0.2, 0.25) is 5.89 Å². The highest BCUT2D eigenvalue weighted by Gasteiger charge is 2.19. The van der Waals surface area contributed by atoms with E-state index in [9.17, 15) is 5.11 Å². The van der Waals surface area contributed by atoms with Crippen LogP contribution in [0, 0.1) is 0 Å². The molecule has 0 bridgehead atoms. The van der Waals surface area contributed by atoms with E-state index in [4.69, 9.17) is 14.4 Å². The Morgan fingerprint density at radius 3 is 2.02 bits per heavy atom. The van der Waals surface area contributed by atoms with Gasteiger partial charge in [-0.25, -0.2) is 4.98 Å². The molecule has 0 aliphatic heterocycles. The van der Waals surface area contributed by atoms with Gasteiger partial charge < -0.3 is 9.52 Å². The smallest absolute Gasteiger partial charge is 0.229 e. The largest absolute Gasteiger partial charge is 0.507 e. The van der Waals surface area contributed by atoms with Crippen molar-refractivity contribution in [3.8, 4) is 39.5 Å². The summed E-state index contributed by atoms with van der Waals surface area (Å²) in [5.74, 6) is 1.53. The quantitative estimate of drug-likeness (QED) is 0.184. The van der Waals surface area contributed by atoms with Crippen molar-refractivity contribution >= 4 is 23.0 Å². The summed E-state index contributed by atoms with van der Waals surface area (Å²) in [5.41, 5.74) is 11.8. The third kappa shape index (κ3) is 6.39. The molecule has 0 saturated heterocycles. The third-order valence-electron chi connectivity index (χ3n) is 8.59. The summed E-state index contributed by atoms with van der Waals surface area (Å²) in [4.78, 5) is 9.90. The summed E-state index contributed by atoms with van der Waals surface area (Å²) in [5, 5.41) is 10.6. The van der Waals surface area contributed by atoms with E-state index in [1.54, 1.807) is 12.3 Å². The molecule has 232 valence electrons. The second kappa shape index (κ2) is 12.4. The van der Waals surface area contributed by atoms with Crippen molar-refractivity contribution < 1.29 is 9.52 Å². The summed E-state index contributed by atoms with van der Waals surface area (Å²) < 4.78 is 6.58. The lowest BCUT2D eigenvalue weighted by Crippen LogP contribution is -2.11. The Bertz CT molecular complexity index is 2020. The molecule has 1 N–H and O–H groups in total. The standard InChI is InChI=1S/C42H42N2O2/c1-26(2)29-19-30(27(3)4)21-31(20-29)32-23-36(28-13-9-8-10-14-28)40-39(24-32)46-41(44-40)35-15-11-12-16-37(35)43-25-33-22-34(42(5,6)7)17-18-38(33)45/h8-27,45H,1-7H3. The number of rotatable bonds is 7. The molecule has 0 amide bonds. The Balaban J connectivity index is 1.49. The molecular formula is C42H42N2O2. The van der Waals surface area contributed by atoms with Gasteiger partial charge in [-0.3, -0.25) is 4.99 Å². The van der Waals surface area contributed by atoms with Crippen molar-refractivity contribution in [3.05, 3.63) is 125 Å². The lowest BCUT2D eigenvalue weighted by atomic mass is 9.86. The predicted octanol–water partition coefficient (Wildman–Crippen LogP) is 11.8. The molecule has 6 rings (SSSR count). The lowest BCUT2D eigenvalue weighted by Gasteiger charge is -2.19. The fraction of sp³-hybridized carbons (Fsp3) is 0.238. The normalized spacial score (nSPS) is 12.2. The van der Waals surface area contributed by atoms with Crippen LogP contribution in [0.15, 0.2) is 113 Å². The van der Waals surface area contributed by atoms with Gasteiger partial charge in [-0.05, 0) is 87.0 Å². The van der Waals surface area contributed by atoms with Gasteiger partial charge in [0.25, 0.3) is 0 Å². The summed E-state index contributed by atoms with van der Waals surface area (Å²) in [6.45, 7) is 15.4. The highest BCUT2D eigenvalue weighted by Crippen LogP contribution is 2.39. The maximum Gasteiger partial charge on any atom is 0.229 e. The molecule has 0 aliphatic rings. The Morgan fingerprint density at radius 1 is 0.696 bits per heavy atom. The number of hydrogen-bond acceptors (Lipinski definition) is 4. The van der Waals surface area contributed by atoms with Crippen molar-refractivity contribution in [1.29, 1.82) is 0 Å². The zero-order valence-corrected chi connectivity index (χ0v) is 27.8. The number of fused-ring (bicyclic) bond motifs is 1. The molecule has 4 nitrogen and oxygen atoms in total. The van der Waals surface area contributed by atoms with E-state index >= 15 is 0 Å².